The lowest BCUT2D eigenvalue weighted by Gasteiger charge is -2.02. The molecular formula is C10H12NO3S. The first kappa shape index (κ1) is 11.7. The molecule has 0 aliphatic heterocycles. The van der Waals surface area contributed by atoms with E-state index in [4.69, 9.17) is 5.73 Å². The third-order valence-corrected chi connectivity index (χ3v) is 3.74. The van der Waals surface area contributed by atoms with Gasteiger partial charge in [0.05, 0.1) is 10.6 Å². The monoisotopic (exact) mass is 226 g/mol. The van der Waals surface area contributed by atoms with Crippen LogP contribution in [-0.2, 0) is 14.6 Å². The first-order valence-corrected chi connectivity index (χ1v) is 6.20. The van der Waals surface area contributed by atoms with E-state index in [-0.39, 0.29) is 23.5 Å². The van der Waals surface area contributed by atoms with Crippen LogP contribution in [0.15, 0.2) is 35.2 Å². The van der Waals surface area contributed by atoms with Gasteiger partial charge in [0.1, 0.15) is 0 Å². The molecule has 5 heteroatoms. The van der Waals surface area contributed by atoms with Crippen molar-refractivity contribution in [2.75, 3.05) is 5.75 Å². The van der Waals surface area contributed by atoms with E-state index in [0.717, 1.165) is 0 Å². The van der Waals surface area contributed by atoms with E-state index in [1.807, 2.05) is 0 Å². The average molecular weight is 226 g/mol. The smallest absolute Gasteiger partial charge is 0.238 e. The van der Waals surface area contributed by atoms with Crippen molar-refractivity contribution in [3.63, 3.8) is 0 Å². The van der Waals surface area contributed by atoms with Gasteiger partial charge in [0, 0.05) is 6.42 Å². The second-order valence-electron chi connectivity index (χ2n) is 3.16. The third kappa shape index (κ3) is 3.71. The molecule has 0 aliphatic rings. The van der Waals surface area contributed by atoms with Gasteiger partial charge >= 0.3 is 0 Å². The number of hydrogen-bond donors (Lipinski definition) is 0. The highest BCUT2D eigenvalue weighted by Gasteiger charge is 2.13. The minimum atomic E-state index is -3.29. The molecule has 81 valence electrons. The van der Waals surface area contributed by atoms with Crippen LogP contribution in [0.1, 0.15) is 12.8 Å². The van der Waals surface area contributed by atoms with E-state index in [0.29, 0.717) is 0 Å². The lowest BCUT2D eigenvalue weighted by Crippen LogP contribution is -2.09. The zero-order chi connectivity index (χ0) is 11.3. The van der Waals surface area contributed by atoms with Crippen molar-refractivity contribution in [3.8, 4) is 0 Å². The Balaban J connectivity index is 2.65. The molecule has 0 aliphatic carbocycles. The summed E-state index contributed by atoms with van der Waals surface area (Å²) in [4.78, 5) is 10.6. The Kier molecular flexibility index (Phi) is 3.85. The van der Waals surface area contributed by atoms with E-state index in [1.165, 1.54) is 12.1 Å². The van der Waals surface area contributed by atoms with Crippen molar-refractivity contribution in [1.29, 1.82) is 0 Å². The van der Waals surface area contributed by atoms with Gasteiger partial charge in [-0.2, -0.15) is 0 Å². The minimum absolute atomic E-state index is 0.00787. The molecule has 1 radical (unpaired) electrons. The molecule has 0 fully saturated rings. The summed E-state index contributed by atoms with van der Waals surface area (Å²) in [6, 6.07) is 8.10. The molecule has 1 aromatic carbocycles. The van der Waals surface area contributed by atoms with Gasteiger partial charge in [0.2, 0.25) is 5.91 Å². The molecule has 0 heterocycles. The van der Waals surface area contributed by atoms with Gasteiger partial charge in [-0.05, 0) is 18.6 Å². The second kappa shape index (κ2) is 4.93. The van der Waals surface area contributed by atoms with Crippen LogP contribution in [0.2, 0.25) is 0 Å². The summed E-state index contributed by atoms with van der Waals surface area (Å²) in [5, 5.41) is 0. The highest BCUT2D eigenvalue weighted by Crippen LogP contribution is 2.11. The SMILES string of the molecule is [NH]C(=O)CCCS(=O)(=O)c1ccccc1. The molecule has 0 saturated carbocycles. The van der Waals surface area contributed by atoms with Crippen LogP contribution in [0.5, 0.6) is 0 Å². The number of amides is 1. The molecule has 0 aromatic heterocycles. The number of hydrogen-bond acceptors (Lipinski definition) is 3. The van der Waals surface area contributed by atoms with Crippen molar-refractivity contribution >= 4 is 15.7 Å². The van der Waals surface area contributed by atoms with Gasteiger partial charge in [0.25, 0.3) is 0 Å². The third-order valence-electron chi connectivity index (χ3n) is 1.92. The number of rotatable bonds is 5. The van der Waals surface area contributed by atoms with Gasteiger partial charge in [-0.15, -0.1) is 0 Å². The quantitative estimate of drug-likeness (QED) is 0.753. The highest BCUT2D eigenvalue weighted by atomic mass is 32.2. The lowest BCUT2D eigenvalue weighted by atomic mass is 10.3. The standard InChI is InChI=1S/C10H12NO3S/c11-10(12)7-4-8-15(13,14)9-5-2-1-3-6-9/h1-3,5-6,11H,4,7-8H2. The van der Waals surface area contributed by atoms with Gasteiger partial charge in [-0.3, -0.25) is 10.5 Å². The van der Waals surface area contributed by atoms with Crippen LogP contribution in [0, 0.1) is 0 Å². The molecular weight excluding hydrogens is 214 g/mol. The van der Waals surface area contributed by atoms with Crippen LogP contribution in [0.25, 0.3) is 0 Å². The molecule has 1 rings (SSSR count). The van der Waals surface area contributed by atoms with E-state index < -0.39 is 15.7 Å². The van der Waals surface area contributed by atoms with Crippen molar-refractivity contribution in [2.45, 2.75) is 17.7 Å². The summed E-state index contributed by atoms with van der Waals surface area (Å²) in [6.45, 7) is 0. The minimum Gasteiger partial charge on any atom is -0.273 e. The molecule has 15 heavy (non-hydrogen) atoms. The molecule has 1 N–H and O–H groups in total. The molecule has 4 nitrogen and oxygen atoms in total. The second-order valence-corrected chi connectivity index (χ2v) is 5.27. The summed E-state index contributed by atoms with van der Waals surface area (Å²) >= 11 is 0. The molecule has 0 unspecified atom stereocenters. The van der Waals surface area contributed by atoms with E-state index in [2.05, 4.69) is 0 Å². The Morgan fingerprint density at radius 1 is 1.20 bits per heavy atom. The Bertz CT molecular complexity index is 425. The van der Waals surface area contributed by atoms with E-state index in [1.54, 1.807) is 18.2 Å². The molecule has 1 aromatic rings. The van der Waals surface area contributed by atoms with Crippen molar-refractivity contribution in [1.82, 2.24) is 5.73 Å². The number of sulfone groups is 1. The van der Waals surface area contributed by atoms with Crippen LogP contribution in [0.3, 0.4) is 0 Å². The molecule has 0 bridgehead atoms. The predicted molar refractivity (Wildman–Crippen MR) is 55.8 cm³/mol. The number of carbonyl (C=O) groups excluding carboxylic acids is 1. The number of carbonyl (C=O) groups is 1. The van der Waals surface area contributed by atoms with Crippen LogP contribution in [0.4, 0.5) is 0 Å². The number of benzene rings is 1. The Morgan fingerprint density at radius 3 is 2.33 bits per heavy atom. The van der Waals surface area contributed by atoms with Crippen molar-refractivity contribution < 1.29 is 13.2 Å². The fraction of sp³-hybridized carbons (Fsp3) is 0.300. The molecule has 0 saturated heterocycles. The normalized spacial score (nSPS) is 11.2. The van der Waals surface area contributed by atoms with Gasteiger partial charge in [-0.25, -0.2) is 8.42 Å². The molecule has 0 atom stereocenters. The summed E-state index contributed by atoms with van der Waals surface area (Å²) < 4.78 is 23.3. The Labute approximate surface area is 89.0 Å². The first-order valence-electron chi connectivity index (χ1n) is 4.54. The van der Waals surface area contributed by atoms with Crippen LogP contribution < -0.4 is 5.73 Å². The summed E-state index contributed by atoms with van der Waals surface area (Å²) in [5.41, 5.74) is 6.66. The van der Waals surface area contributed by atoms with Crippen molar-refractivity contribution in [2.24, 2.45) is 0 Å². The maximum Gasteiger partial charge on any atom is 0.238 e. The van der Waals surface area contributed by atoms with Gasteiger partial charge < -0.3 is 0 Å². The van der Waals surface area contributed by atoms with E-state index >= 15 is 0 Å². The Morgan fingerprint density at radius 2 is 1.80 bits per heavy atom. The van der Waals surface area contributed by atoms with Gasteiger partial charge in [-0.1, -0.05) is 18.2 Å². The fourth-order valence-electron chi connectivity index (χ4n) is 1.17. The maximum atomic E-state index is 11.6. The van der Waals surface area contributed by atoms with Crippen molar-refractivity contribution in [3.05, 3.63) is 30.3 Å². The highest BCUT2D eigenvalue weighted by molar-refractivity contribution is 7.91. The zero-order valence-corrected chi connectivity index (χ0v) is 8.96. The van der Waals surface area contributed by atoms with Gasteiger partial charge in [0.15, 0.2) is 9.84 Å². The van der Waals surface area contributed by atoms with Crippen LogP contribution >= 0.6 is 0 Å². The van der Waals surface area contributed by atoms with Crippen LogP contribution in [-0.4, -0.2) is 20.1 Å². The molecule has 1 amide bonds. The zero-order valence-electron chi connectivity index (χ0n) is 8.14. The average Bonchev–Trinajstić information content (AvgIpc) is 2.18. The summed E-state index contributed by atoms with van der Waals surface area (Å²) in [7, 11) is -3.29. The lowest BCUT2D eigenvalue weighted by molar-refractivity contribution is -0.118. The summed E-state index contributed by atoms with van der Waals surface area (Å²) in [5.74, 6) is -0.806. The largest absolute Gasteiger partial charge is 0.273 e. The number of nitrogens with one attached hydrogen (secondary N) is 1. The Hall–Kier alpha value is -1.36. The topological polar surface area (TPSA) is 75.0 Å². The first-order chi connectivity index (χ1) is 7.02. The maximum absolute atomic E-state index is 11.6. The fourth-order valence-corrected chi connectivity index (χ4v) is 2.50. The molecule has 0 spiro atoms. The predicted octanol–water partition coefficient (Wildman–Crippen LogP) is 1.05. The summed E-state index contributed by atoms with van der Waals surface area (Å²) in [6.07, 6.45) is 0.200. The van der Waals surface area contributed by atoms with E-state index in [9.17, 15) is 13.2 Å².